The molecule has 0 unspecified atom stereocenters. The number of benzene rings is 1. The van der Waals surface area contributed by atoms with Crippen LogP contribution in [-0.4, -0.2) is 4.98 Å². The lowest BCUT2D eigenvalue weighted by Crippen LogP contribution is -1.96. The van der Waals surface area contributed by atoms with E-state index in [4.69, 9.17) is 11.6 Å². The molecule has 1 heterocycles. The molecule has 18 heavy (non-hydrogen) atoms. The number of hydrogen-bond acceptors (Lipinski definition) is 1. The lowest BCUT2D eigenvalue weighted by atomic mass is 9.96. The number of allylic oxidation sites excluding steroid dienone is 3. The second-order valence-corrected chi connectivity index (χ2v) is 4.52. The molecule has 0 saturated heterocycles. The molecule has 1 aromatic carbocycles. The first-order chi connectivity index (χ1) is 8.71. The normalized spacial score (nSPS) is 11.8. The van der Waals surface area contributed by atoms with E-state index in [0.717, 1.165) is 22.2 Å². The predicted molar refractivity (Wildman–Crippen MR) is 79.9 cm³/mol. The van der Waals surface area contributed by atoms with Gasteiger partial charge in [-0.1, -0.05) is 36.4 Å². The Kier molecular flexibility index (Phi) is 3.83. The number of pyridine rings is 1. The fourth-order valence-electron chi connectivity index (χ4n) is 2.17. The van der Waals surface area contributed by atoms with Crippen molar-refractivity contribution < 1.29 is 0 Å². The number of hydrogen-bond donors (Lipinski definition) is 0. The molecule has 1 nitrogen and oxygen atoms in total. The summed E-state index contributed by atoms with van der Waals surface area (Å²) < 4.78 is 0. The van der Waals surface area contributed by atoms with E-state index in [9.17, 15) is 0 Å². The molecule has 92 valence electrons. The molecule has 0 spiro atoms. The number of rotatable bonds is 3. The van der Waals surface area contributed by atoms with Crippen molar-refractivity contribution in [2.45, 2.75) is 19.7 Å². The summed E-state index contributed by atoms with van der Waals surface area (Å²) in [6.07, 6.45) is 5.78. The van der Waals surface area contributed by atoms with Gasteiger partial charge in [-0.15, -0.1) is 11.6 Å². The summed E-state index contributed by atoms with van der Waals surface area (Å²) in [7, 11) is 0. The van der Waals surface area contributed by atoms with Crippen LogP contribution in [0.15, 0.2) is 43.1 Å². The first-order valence-corrected chi connectivity index (χ1v) is 6.48. The Balaban J connectivity index is 2.85. The molecule has 2 heteroatoms. The van der Waals surface area contributed by atoms with Crippen molar-refractivity contribution in [2.75, 3.05) is 0 Å². The van der Waals surface area contributed by atoms with Crippen molar-refractivity contribution in [1.29, 1.82) is 0 Å². The van der Waals surface area contributed by atoms with Gasteiger partial charge in [-0.2, -0.15) is 0 Å². The quantitative estimate of drug-likeness (QED) is 0.565. The molecular formula is C16H16ClN. The molecular weight excluding hydrogens is 242 g/mol. The number of aromatic nitrogens is 1. The third kappa shape index (κ3) is 2.19. The minimum absolute atomic E-state index is 0.407. The van der Waals surface area contributed by atoms with E-state index in [0.29, 0.717) is 5.88 Å². The molecule has 0 N–H and O–H groups in total. The van der Waals surface area contributed by atoms with Gasteiger partial charge in [0.15, 0.2) is 0 Å². The molecule has 0 amide bonds. The molecule has 0 aliphatic heterocycles. The van der Waals surface area contributed by atoms with E-state index in [1.807, 2.05) is 25.3 Å². The summed E-state index contributed by atoms with van der Waals surface area (Å²) in [5, 5.41) is 2.32. The molecule has 0 aliphatic rings. The SMILES string of the molecule is C=C/C(=C\C)c1c(CCl)ncc2cc(C)ccc12. The van der Waals surface area contributed by atoms with Crippen molar-refractivity contribution in [1.82, 2.24) is 4.98 Å². The molecule has 2 rings (SSSR count). The van der Waals surface area contributed by atoms with Crippen LogP contribution in [0.3, 0.4) is 0 Å². The van der Waals surface area contributed by atoms with Gasteiger partial charge in [0.25, 0.3) is 0 Å². The highest BCUT2D eigenvalue weighted by Crippen LogP contribution is 2.29. The fourth-order valence-corrected chi connectivity index (χ4v) is 2.37. The van der Waals surface area contributed by atoms with Crippen LogP contribution in [0.25, 0.3) is 16.3 Å². The highest BCUT2D eigenvalue weighted by atomic mass is 35.5. The van der Waals surface area contributed by atoms with E-state index < -0.39 is 0 Å². The molecule has 0 fully saturated rings. The zero-order valence-corrected chi connectivity index (χ0v) is 11.5. The second-order valence-electron chi connectivity index (χ2n) is 4.25. The topological polar surface area (TPSA) is 12.9 Å². The zero-order chi connectivity index (χ0) is 13.1. The Hall–Kier alpha value is -1.60. The maximum Gasteiger partial charge on any atom is 0.0653 e. The summed E-state index contributed by atoms with van der Waals surface area (Å²) in [4.78, 5) is 4.46. The van der Waals surface area contributed by atoms with Gasteiger partial charge in [-0.25, -0.2) is 0 Å². The van der Waals surface area contributed by atoms with E-state index in [-0.39, 0.29) is 0 Å². The molecule has 2 aromatic rings. The van der Waals surface area contributed by atoms with Crippen LogP contribution in [-0.2, 0) is 5.88 Å². The van der Waals surface area contributed by atoms with Crippen molar-refractivity contribution in [3.8, 4) is 0 Å². The largest absolute Gasteiger partial charge is 0.259 e. The molecule has 0 aliphatic carbocycles. The summed E-state index contributed by atoms with van der Waals surface area (Å²) in [6.45, 7) is 7.95. The highest BCUT2D eigenvalue weighted by Gasteiger charge is 2.10. The van der Waals surface area contributed by atoms with E-state index in [1.54, 1.807) is 0 Å². The van der Waals surface area contributed by atoms with Crippen LogP contribution in [0.4, 0.5) is 0 Å². The lowest BCUT2D eigenvalue weighted by molar-refractivity contribution is 1.17. The second kappa shape index (κ2) is 5.36. The fraction of sp³-hybridized carbons (Fsp3) is 0.188. The van der Waals surface area contributed by atoms with Gasteiger partial charge in [-0.3, -0.25) is 4.98 Å². The number of fused-ring (bicyclic) bond motifs is 1. The predicted octanol–water partition coefficient (Wildman–Crippen LogP) is 4.87. The van der Waals surface area contributed by atoms with Gasteiger partial charge in [0.2, 0.25) is 0 Å². The van der Waals surface area contributed by atoms with Crippen LogP contribution >= 0.6 is 11.6 Å². The van der Waals surface area contributed by atoms with E-state index in [2.05, 4.69) is 36.7 Å². The van der Waals surface area contributed by atoms with Crippen molar-refractivity contribution in [3.05, 3.63) is 59.9 Å². The summed E-state index contributed by atoms with van der Waals surface area (Å²) in [5.41, 5.74) is 4.31. The average molecular weight is 258 g/mol. The summed E-state index contributed by atoms with van der Waals surface area (Å²) >= 11 is 6.00. The van der Waals surface area contributed by atoms with Crippen molar-refractivity contribution in [3.63, 3.8) is 0 Å². The number of alkyl halides is 1. The van der Waals surface area contributed by atoms with Crippen LogP contribution in [0.5, 0.6) is 0 Å². The van der Waals surface area contributed by atoms with Gasteiger partial charge in [0, 0.05) is 17.1 Å². The molecule has 0 bridgehead atoms. The maximum atomic E-state index is 6.00. The van der Waals surface area contributed by atoms with Crippen LogP contribution in [0, 0.1) is 6.92 Å². The molecule has 0 saturated carbocycles. The maximum absolute atomic E-state index is 6.00. The van der Waals surface area contributed by atoms with Gasteiger partial charge in [-0.05, 0) is 30.9 Å². The van der Waals surface area contributed by atoms with E-state index >= 15 is 0 Å². The van der Waals surface area contributed by atoms with E-state index in [1.165, 1.54) is 10.9 Å². The van der Waals surface area contributed by atoms with Crippen LogP contribution in [0.1, 0.15) is 23.7 Å². The minimum Gasteiger partial charge on any atom is -0.259 e. The number of halogens is 1. The van der Waals surface area contributed by atoms with Gasteiger partial charge >= 0.3 is 0 Å². The smallest absolute Gasteiger partial charge is 0.0653 e. The Bertz CT molecular complexity index is 626. The Labute approximate surface area is 113 Å². The first kappa shape index (κ1) is 12.8. The van der Waals surface area contributed by atoms with Crippen LogP contribution < -0.4 is 0 Å². The Morgan fingerprint density at radius 2 is 2.22 bits per heavy atom. The molecule has 1 aromatic heterocycles. The van der Waals surface area contributed by atoms with Gasteiger partial charge < -0.3 is 0 Å². The Morgan fingerprint density at radius 3 is 2.83 bits per heavy atom. The summed E-state index contributed by atoms with van der Waals surface area (Å²) in [5.74, 6) is 0.407. The lowest BCUT2D eigenvalue weighted by Gasteiger charge is -2.12. The monoisotopic (exact) mass is 257 g/mol. The first-order valence-electron chi connectivity index (χ1n) is 5.94. The minimum atomic E-state index is 0.407. The van der Waals surface area contributed by atoms with Crippen LogP contribution in [0.2, 0.25) is 0 Å². The van der Waals surface area contributed by atoms with Gasteiger partial charge in [0.1, 0.15) is 0 Å². The standard InChI is InChI=1S/C16H16ClN/c1-4-12(5-2)16-14-7-6-11(3)8-13(14)10-18-15(16)9-17/h4-8,10H,1,9H2,2-3H3/b12-5+. The van der Waals surface area contributed by atoms with Crippen molar-refractivity contribution >= 4 is 27.9 Å². The molecule has 0 radical (unpaired) electrons. The summed E-state index contributed by atoms with van der Waals surface area (Å²) in [6, 6.07) is 6.38. The average Bonchev–Trinajstić information content (AvgIpc) is 2.39. The Morgan fingerprint density at radius 1 is 1.44 bits per heavy atom. The third-order valence-corrected chi connectivity index (χ3v) is 3.32. The van der Waals surface area contributed by atoms with Gasteiger partial charge in [0.05, 0.1) is 11.6 Å². The number of nitrogens with zero attached hydrogens (tertiary/aromatic N) is 1. The number of aryl methyl sites for hydroxylation is 1. The third-order valence-electron chi connectivity index (χ3n) is 3.07. The zero-order valence-electron chi connectivity index (χ0n) is 10.7. The van der Waals surface area contributed by atoms with Crippen molar-refractivity contribution in [2.24, 2.45) is 0 Å². The highest BCUT2D eigenvalue weighted by molar-refractivity contribution is 6.17. The molecule has 0 atom stereocenters.